The fraction of sp³-hybridized carbons (Fsp3) is 0.429. The van der Waals surface area contributed by atoms with E-state index in [-0.39, 0.29) is 75.9 Å². The maximum Gasteiger partial charge on any atom is 0.280 e. The van der Waals surface area contributed by atoms with E-state index in [9.17, 15) is 13.6 Å². The molecule has 180 valence electrons. The second-order valence-electron chi connectivity index (χ2n) is 8.09. The Hall–Kier alpha value is -1.56. The lowest BCUT2D eigenvalue weighted by Crippen LogP contribution is -2.47. The third-order valence-electron chi connectivity index (χ3n) is 6.25. The number of aromatic nitrogens is 4. The van der Waals surface area contributed by atoms with Crippen molar-refractivity contribution in [2.45, 2.75) is 57.0 Å². The maximum atomic E-state index is 13.4. The summed E-state index contributed by atoms with van der Waals surface area (Å²) in [6.07, 6.45) is 1.96. The molecule has 5 rings (SSSR count). The quantitative estimate of drug-likeness (QED) is 0.480. The number of rotatable bonds is 3. The van der Waals surface area contributed by atoms with Gasteiger partial charge in [-0.3, -0.25) is 4.79 Å². The molecule has 33 heavy (non-hydrogen) atoms. The molecule has 0 aliphatic carbocycles. The second-order valence-corrected chi connectivity index (χ2v) is 8.53. The molecular formula is C21H26ClF2N5OS3. The van der Waals surface area contributed by atoms with Crippen molar-refractivity contribution in [3.05, 3.63) is 58.1 Å². The molecule has 3 atom stereocenters. The van der Waals surface area contributed by atoms with E-state index in [4.69, 9.17) is 11.6 Å². The minimum absolute atomic E-state index is 0. The van der Waals surface area contributed by atoms with Gasteiger partial charge in [-0.2, -0.15) is 50.6 Å². The molecule has 2 fully saturated rings. The summed E-state index contributed by atoms with van der Waals surface area (Å²) in [4.78, 5) is 23.3. The van der Waals surface area contributed by atoms with Crippen LogP contribution in [0.15, 0.2) is 30.6 Å². The first-order valence-electron chi connectivity index (χ1n) is 10.0. The van der Waals surface area contributed by atoms with Crippen LogP contribution < -0.4 is 0 Å². The molecule has 2 aromatic heterocycles. The Morgan fingerprint density at radius 1 is 1.09 bits per heavy atom. The topological polar surface area (TPSA) is 63.4 Å². The number of halogens is 3. The molecule has 1 aromatic carbocycles. The highest BCUT2D eigenvalue weighted by molar-refractivity contribution is 7.59. The Bertz CT molecular complexity index is 1130. The molecule has 6 nitrogen and oxygen atoms in total. The van der Waals surface area contributed by atoms with E-state index in [1.54, 1.807) is 6.07 Å². The molecule has 0 saturated carbocycles. The van der Waals surface area contributed by atoms with Crippen molar-refractivity contribution >= 4 is 63.8 Å². The summed E-state index contributed by atoms with van der Waals surface area (Å²) in [5.41, 5.74) is 1.81. The van der Waals surface area contributed by atoms with Gasteiger partial charge in [-0.1, -0.05) is 11.6 Å². The lowest BCUT2D eigenvalue weighted by molar-refractivity contribution is 0.0553. The fourth-order valence-corrected chi connectivity index (χ4v) is 5.34. The van der Waals surface area contributed by atoms with Crippen molar-refractivity contribution < 1.29 is 13.6 Å². The maximum absolute atomic E-state index is 13.4. The van der Waals surface area contributed by atoms with Crippen molar-refractivity contribution in [3.63, 3.8) is 0 Å². The summed E-state index contributed by atoms with van der Waals surface area (Å²) in [5.74, 6) is -0.0142. The van der Waals surface area contributed by atoms with Gasteiger partial charge in [-0.25, -0.2) is 18.3 Å². The molecule has 1 amide bonds. The van der Waals surface area contributed by atoms with Crippen molar-refractivity contribution in [1.82, 2.24) is 24.5 Å². The highest BCUT2D eigenvalue weighted by Gasteiger charge is 2.46. The fourth-order valence-electron chi connectivity index (χ4n) is 5.06. The van der Waals surface area contributed by atoms with Gasteiger partial charge in [0.25, 0.3) is 18.1 Å². The predicted octanol–water partition coefficient (Wildman–Crippen LogP) is 4.91. The molecule has 2 bridgehead atoms. The van der Waals surface area contributed by atoms with Crippen LogP contribution in [-0.4, -0.2) is 42.5 Å². The van der Waals surface area contributed by atoms with Gasteiger partial charge in [0, 0.05) is 28.6 Å². The van der Waals surface area contributed by atoms with Crippen LogP contribution in [-0.2, 0) is 0 Å². The molecule has 2 aliphatic heterocycles. The molecule has 12 heteroatoms. The minimum atomic E-state index is -2.70. The number of nitrogens with zero attached hydrogens (tertiary/aromatic N) is 5. The molecule has 0 N–H and O–H groups in total. The Morgan fingerprint density at radius 2 is 1.82 bits per heavy atom. The Labute approximate surface area is 216 Å². The number of fused-ring (bicyclic) bond motifs is 3. The molecule has 3 aromatic rings. The standard InChI is InChI=1S/C21H20ClF2N5O.3H2S/c1-11-6-12(8-13(22)7-11)20(30)28-14-2-4-15(17(28)5-3-14)18-9-16(19(23)24)27-21-25-10-26-29(18)21;;;/h6-10,14-15,17,19H,2-5H2,1H3;3*1H2/t14-,15-,17-;;;/m0.../s1. The monoisotopic (exact) mass is 533 g/mol. The number of carbonyl (C=O) groups is 1. The average Bonchev–Trinajstić information content (AvgIpc) is 3.29. The van der Waals surface area contributed by atoms with Crippen molar-refractivity contribution in [2.24, 2.45) is 0 Å². The first-order chi connectivity index (χ1) is 14.4. The van der Waals surface area contributed by atoms with Gasteiger partial charge in [0.15, 0.2) is 0 Å². The number of hydrogen-bond acceptors (Lipinski definition) is 4. The molecular weight excluding hydrogens is 508 g/mol. The van der Waals surface area contributed by atoms with Crippen LogP contribution in [0.1, 0.15) is 65.3 Å². The van der Waals surface area contributed by atoms with E-state index in [0.29, 0.717) is 16.3 Å². The number of aryl methyl sites for hydroxylation is 1. The van der Waals surface area contributed by atoms with E-state index in [1.807, 2.05) is 24.0 Å². The van der Waals surface area contributed by atoms with E-state index < -0.39 is 6.43 Å². The molecule has 0 spiro atoms. The normalized spacial score (nSPS) is 21.4. The van der Waals surface area contributed by atoms with Gasteiger partial charge < -0.3 is 4.90 Å². The zero-order valence-corrected chi connectivity index (χ0v) is 21.6. The lowest BCUT2D eigenvalue weighted by Gasteiger charge is -2.40. The van der Waals surface area contributed by atoms with Gasteiger partial charge in [-0.15, -0.1) is 0 Å². The molecule has 0 unspecified atom stereocenters. The number of alkyl halides is 2. The van der Waals surface area contributed by atoms with Gasteiger partial charge in [-0.05, 0) is 62.4 Å². The third kappa shape index (κ3) is 4.96. The number of benzene rings is 1. The lowest BCUT2D eigenvalue weighted by atomic mass is 9.86. The first kappa shape index (κ1) is 27.7. The summed E-state index contributed by atoms with van der Waals surface area (Å²) >= 11 is 6.18. The van der Waals surface area contributed by atoms with Crippen LogP contribution in [0.5, 0.6) is 0 Å². The van der Waals surface area contributed by atoms with Crippen LogP contribution in [0.3, 0.4) is 0 Å². The minimum Gasteiger partial charge on any atom is -0.332 e. The van der Waals surface area contributed by atoms with E-state index in [1.165, 1.54) is 16.9 Å². The van der Waals surface area contributed by atoms with Crippen LogP contribution in [0.25, 0.3) is 5.78 Å². The van der Waals surface area contributed by atoms with Crippen molar-refractivity contribution in [1.29, 1.82) is 0 Å². The second kappa shape index (κ2) is 10.8. The Morgan fingerprint density at radius 3 is 2.52 bits per heavy atom. The summed E-state index contributed by atoms with van der Waals surface area (Å²) in [5, 5.41) is 4.73. The van der Waals surface area contributed by atoms with Gasteiger partial charge in [0.05, 0.1) is 5.69 Å². The number of piperidine rings is 1. The number of amides is 1. The van der Waals surface area contributed by atoms with E-state index in [2.05, 4.69) is 15.1 Å². The number of carbonyl (C=O) groups excluding carboxylic acids is 1. The summed E-state index contributed by atoms with van der Waals surface area (Å²) in [7, 11) is 0. The third-order valence-corrected chi connectivity index (χ3v) is 6.47. The van der Waals surface area contributed by atoms with E-state index in [0.717, 1.165) is 31.2 Å². The van der Waals surface area contributed by atoms with Crippen molar-refractivity contribution in [3.8, 4) is 0 Å². The molecule has 2 saturated heterocycles. The van der Waals surface area contributed by atoms with E-state index >= 15 is 0 Å². The highest BCUT2D eigenvalue weighted by Crippen LogP contribution is 2.45. The highest BCUT2D eigenvalue weighted by atomic mass is 35.5. The predicted molar refractivity (Wildman–Crippen MR) is 138 cm³/mol. The molecule has 0 radical (unpaired) electrons. The summed E-state index contributed by atoms with van der Waals surface area (Å²) < 4.78 is 28.4. The van der Waals surface area contributed by atoms with Crippen LogP contribution in [0.4, 0.5) is 8.78 Å². The molecule has 2 aliphatic rings. The first-order valence-corrected chi connectivity index (χ1v) is 10.4. The number of hydrogen-bond donors (Lipinski definition) is 0. The average molecular weight is 534 g/mol. The van der Waals surface area contributed by atoms with Crippen LogP contribution >= 0.6 is 52.1 Å². The zero-order chi connectivity index (χ0) is 21.0. The zero-order valence-electron chi connectivity index (χ0n) is 17.8. The van der Waals surface area contributed by atoms with Crippen LogP contribution in [0, 0.1) is 6.92 Å². The van der Waals surface area contributed by atoms with Gasteiger partial charge in [0.2, 0.25) is 0 Å². The SMILES string of the molecule is Cc1cc(Cl)cc(C(=O)N2[C@H]3CC[C@H](c4cc(C(F)F)nc5ncnn45)[C@@H]2CC3)c1.S.S.S. The van der Waals surface area contributed by atoms with Gasteiger partial charge in [0.1, 0.15) is 12.0 Å². The van der Waals surface area contributed by atoms with Crippen LogP contribution in [0.2, 0.25) is 5.02 Å². The van der Waals surface area contributed by atoms with Gasteiger partial charge >= 0.3 is 0 Å². The molecule has 4 heterocycles. The summed E-state index contributed by atoms with van der Waals surface area (Å²) in [6.45, 7) is 1.90. The Kier molecular flexibility index (Phi) is 9.05. The Balaban J connectivity index is 0.00000128. The smallest absolute Gasteiger partial charge is 0.280 e. The largest absolute Gasteiger partial charge is 0.332 e. The summed E-state index contributed by atoms with van der Waals surface area (Å²) in [6, 6.07) is 6.83. The van der Waals surface area contributed by atoms with Crippen molar-refractivity contribution in [2.75, 3.05) is 0 Å².